The number of morpholine rings is 1. The fourth-order valence-corrected chi connectivity index (χ4v) is 3.25. The Kier molecular flexibility index (Phi) is 4.02. The van der Waals surface area contributed by atoms with Crippen molar-refractivity contribution < 1.29 is 13.9 Å². The highest BCUT2D eigenvalue weighted by molar-refractivity contribution is 5.94. The summed E-state index contributed by atoms with van der Waals surface area (Å²) in [6, 6.07) is 11.2. The minimum Gasteiger partial charge on any atom is -0.366 e. The third-order valence-electron chi connectivity index (χ3n) is 4.68. The number of aromatic nitrogens is 1. The van der Waals surface area contributed by atoms with Gasteiger partial charge < -0.3 is 9.64 Å². The lowest BCUT2D eigenvalue weighted by Crippen LogP contribution is -2.47. The number of amides is 1. The van der Waals surface area contributed by atoms with E-state index in [-0.39, 0.29) is 18.1 Å². The monoisotopic (exact) mass is 326 g/mol. The zero-order valence-electron chi connectivity index (χ0n) is 13.3. The fourth-order valence-electron chi connectivity index (χ4n) is 3.25. The number of carbonyl (C=O) groups excluding carboxylic acids is 1. The number of halogens is 1. The molecule has 4 nitrogen and oxygen atoms in total. The van der Waals surface area contributed by atoms with Crippen molar-refractivity contribution in [2.45, 2.75) is 25.0 Å². The highest BCUT2D eigenvalue weighted by Gasteiger charge is 2.40. The Bertz CT molecular complexity index is 733. The van der Waals surface area contributed by atoms with E-state index in [9.17, 15) is 9.18 Å². The van der Waals surface area contributed by atoms with Gasteiger partial charge in [-0.2, -0.15) is 0 Å². The molecule has 2 fully saturated rings. The zero-order chi connectivity index (χ0) is 16.5. The van der Waals surface area contributed by atoms with Crippen molar-refractivity contribution >= 4 is 5.91 Å². The molecule has 1 aliphatic heterocycles. The molecular formula is C19H19FN2O2. The number of benzene rings is 1. The van der Waals surface area contributed by atoms with Crippen molar-refractivity contribution in [1.82, 2.24) is 9.88 Å². The van der Waals surface area contributed by atoms with Gasteiger partial charge >= 0.3 is 0 Å². The number of carbonyl (C=O) groups is 1. The molecule has 2 aliphatic rings. The van der Waals surface area contributed by atoms with Gasteiger partial charge in [-0.25, -0.2) is 4.39 Å². The average Bonchev–Trinajstić information content (AvgIpc) is 3.47. The standard InChI is InChI=1S/C19H19FN2O2/c20-16-8-15(9-21-10-16)19(23)22-11-17(13-4-2-1-3-5-13)24-18(12-22)14-6-7-14/h1-5,8-10,14,17-18H,6-7,11-12H2/t17-,18+/m0/s1. The van der Waals surface area contributed by atoms with Crippen LogP contribution in [0.3, 0.4) is 0 Å². The van der Waals surface area contributed by atoms with Crippen LogP contribution >= 0.6 is 0 Å². The molecule has 1 aromatic heterocycles. The molecule has 0 bridgehead atoms. The molecule has 2 heterocycles. The molecule has 0 N–H and O–H groups in total. The van der Waals surface area contributed by atoms with E-state index >= 15 is 0 Å². The Labute approximate surface area is 140 Å². The molecule has 1 aliphatic carbocycles. The molecule has 124 valence electrons. The van der Waals surface area contributed by atoms with Crippen molar-refractivity contribution in [2.75, 3.05) is 13.1 Å². The van der Waals surface area contributed by atoms with E-state index < -0.39 is 5.82 Å². The maximum atomic E-state index is 13.4. The molecule has 1 aromatic carbocycles. The summed E-state index contributed by atoms with van der Waals surface area (Å²) in [6.45, 7) is 1.03. The van der Waals surface area contributed by atoms with Crippen molar-refractivity contribution in [3.8, 4) is 0 Å². The summed E-state index contributed by atoms with van der Waals surface area (Å²) < 4.78 is 19.6. The van der Waals surface area contributed by atoms with Gasteiger partial charge in [0.15, 0.2) is 0 Å². The van der Waals surface area contributed by atoms with Gasteiger partial charge in [0.05, 0.1) is 24.4 Å². The third kappa shape index (κ3) is 3.17. The van der Waals surface area contributed by atoms with Crippen molar-refractivity contribution in [3.05, 3.63) is 65.7 Å². The summed E-state index contributed by atoms with van der Waals surface area (Å²) >= 11 is 0. The summed E-state index contributed by atoms with van der Waals surface area (Å²) in [5.41, 5.74) is 1.36. The van der Waals surface area contributed by atoms with E-state index in [2.05, 4.69) is 4.98 Å². The summed E-state index contributed by atoms with van der Waals surface area (Å²) in [6.07, 6.45) is 4.73. The Morgan fingerprint density at radius 1 is 1.17 bits per heavy atom. The summed E-state index contributed by atoms with van der Waals surface area (Å²) in [4.78, 5) is 18.3. The molecule has 0 unspecified atom stereocenters. The van der Waals surface area contributed by atoms with Crippen LogP contribution < -0.4 is 0 Å². The van der Waals surface area contributed by atoms with Gasteiger partial charge in [-0.3, -0.25) is 9.78 Å². The van der Waals surface area contributed by atoms with Crippen LogP contribution in [0, 0.1) is 11.7 Å². The van der Waals surface area contributed by atoms with Crippen LogP contribution in [-0.4, -0.2) is 35.0 Å². The van der Waals surface area contributed by atoms with Gasteiger partial charge in [0, 0.05) is 12.7 Å². The molecule has 5 heteroatoms. The van der Waals surface area contributed by atoms with Gasteiger partial charge in [0.2, 0.25) is 0 Å². The first-order valence-electron chi connectivity index (χ1n) is 8.31. The lowest BCUT2D eigenvalue weighted by Gasteiger charge is -2.38. The van der Waals surface area contributed by atoms with Gasteiger partial charge in [-0.1, -0.05) is 30.3 Å². The van der Waals surface area contributed by atoms with E-state index in [1.807, 2.05) is 30.3 Å². The second-order valence-electron chi connectivity index (χ2n) is 6.51. The van der Waals surface area contributed by atoms with Gasteiger partial charge in [0.1, 0.15) is 11.9 Å². The minimum absolute atomic E-state index is 0.0504. The first kappa shape index (κ1) is 15.3. The Morgan fingerprint density at radius 2 is 1.96 bits per heavy atom. The van der Waals surface area contributed by atoms with Crippen molar-refractivity contribution in [1.29, 1.82) is 0 Å². The average molecular weight is 326 g/mol. The molecule has 0 spiro atoms. The maximum Gasteiger partial charge on any atom is 0.255 e. The highest BCUT2D eigenvalue weighted by atomic mass is 19.1. The number of hydrogen-bond donors (Lipinski definition) is 0. The normalized spacial score (nSPS) is 24.0. The molecule has 1 saturated heterocycles. The second-order valence-corrected chi connectivity index (χ2v) is 6.51. The summed E-state index contributed by atoms with van der Waals surface area (Å²) in [5.74, 6) is -0.151. The van der Waals surface area contributed by atoms with Crippen LogP contribution in [0.15, 0.2) is 48.8 Å². The largest absolute Gasteiger partial charge is 0.366 e. The lowest BCUT2D eigenvalue weighted by atomic mass is 10.0. The number of pyridine rings is 1. The zero-order valence-corrected chi connectivity index (χ0v) is 13.3. The van der Waals surface area contributed by atoms with E-state index in [0.29, 0.717) is 24.6 Å². The van der Waals surface area contributed by atoms with Crippen LogP contribution in [0.25, 0.3) is 0 Å². The van der Waals surface area contributed by atoms with E-state index in [0.717, 1.165) is 24.6 Å². The Morgan fingerprint density at radius 3 is 2.67 bits per heavy atom. The van der Waals surface area contributed by atoms with Crippen LogP contribution in [0.4, 0.5) is 4.39 Å². The van der Waals surface area contributed by atoms with E-state index in [1.165, 1.54) is 12.3 Å². The van der Waals surface area contributed by atoms with Crippen molar-refractivity contribution in [3.63, 3.8) is 0 Å². The quantitative estimate of drug-likeness (QED) is 0.870. The Balaban J connectivity index is 1.58. The van der Waals surface area contributed by atoms with Gasteiger partial charge in [-0.05, 0) is 30.4 Å². The molecule has 2 atom stereocenters. The topological polar surface area (TPSA) is 42.4 Å². The summed E-state index contributed by atoms with van der Waals surface area (Å²) in [5, 5.41) is 0. The highest BCUT2D eigenvalue weighted by Crippen LogP contribution is 2.39. The molecule has 0 radical (unpaired) electrons. The van der Waals surface area contributed by atoms with Gasteiger partial charge in [-0.15, -0.1) is 0 Å². The lowest BCUT2D eigenvalue weighted by molar-refractivity contribution is -0.0864. The molecule has 24 heavy (non-hydrogen) atoms. The predicted octanol–water partition coefficient (Wildman–Crippen LogP) is 3.21. The number of nitrogens with zero attached hydrogens (tertiary/aromatic N) is 2. The van der Waals surface area contributed by atoms with Crippen LogP contribution in [0.5, 0.6) is 0 Å². The summed E-state index contributed by atoms with van der Waals surface area (Å²) in [7, 11) is 0. The minimum atomic E-state index is -0.493. The van der Waals surface area contributed by atoms with Crippen LogP contribution in [0.1, 0.15) is 34.9 Å². The molecule has 2 aromatic rings. The molecule has 4 rings (SSSR count). The maximum absolute atomic E-state index is 13.4. The first-order valence-corrected chi connectivity index (χ1v) is 8.31. The number of hydrogen-bond acceptors (Lipinski definition) is 3. The first-order chi connectivity index (χ1) is 11.7. The van der Waals surface area contributed by atoms with Crippen LogP contribution in [0.2, 0.25) is 0 Å². The van der Waals surface area contributed by atoms with Crippen LogP contribution in [-0.2, 0) is 4.74 Å². The molecular weight excluding hydrogens is 307 g/mol. The number of ether oxygens (including phenoxy) is 1. The number of rotatable bonds is 3. The van der Waals surface area contributed by atoms with E-state index in [4.69, 9.17) is 4.74 Å². The SMILES string of the molecule is O=C(c1cncc(F)c1)N1C[C@@H](c2ccccc2)O[C@@H](C2CC2)C1. The smallest absolute Gasteiger partial charge is 0.255 e. The predicted molar refractivity (Wildman–Crippen MR) is 86.9 cm³/mol. The molecule has 1 amide bonds. The molecule has 1 saturated carbocycles. The Hall–Kier alpha value is -2.27. The van der Waals surface area contributed by atoms with Crippen molar-refractivity contribution in [2.24, 2.45) is 5.92 Å². The fraction of sp³-hybridized carbons (Fsp3) is 0.368. The second kappa shape index (κ2) is 6.32. The van der Waals surface area contributed by atoms with E-state index in [1.54, 1.807) is 4.90 Å². The third-order valence-corrected chi connectivity index (χ3v) is 4.68. The van der Waals surface area contributed by atoms with Gasteiger partial charge in [0.25, 0.3) is 5.91 Å².